The van der Waals surface area contributed by atoms with Crippen molar-refractivity contribution < 1.29 is 9.00 Å². The molecule has 0 unspecified atom stereocenters. The minimum atomic E-state index is -0.615. The van der Waals surface area contributed by atoms with Gasteiger partial charge in [0.25, 0.3) is 0 Å². The lowest BCUT2D eigenvalue weighted by atomic mass is 10.1. The Kier molecular flexibility index (Phi) is 4.05. The van der Waals surface area contributed by atoms with Gasteiger partial charge in [-0.15, -0.1) is 0 Å². The van der Waals surface area contributed by atoms with Crippen LogP contribution < -0.4 is 10.6 Å². The van der Waals surface area contributed by atoms with Crippen LogP contribution in [0.25, 0.3) is 0 Å². The second-order valence-corrected chi connectivity index (χ2v) is 7.30. The van der Waals surface area contributed by atoms with Crippen molar-refractivity contribution in [3.05, 3.63) is 24.3 Å². The number of carbonyl (C=O) groups excluding carboxylic acids is 1. The highest BCUT2D eigenvalue weighted by atomic mass is 32.2. The Morgan fingerprint density at radius 3 is 2.20 bits per heavy atom. The van der Waals surface area contributed by atoms with Gasteiger partial charge in [0.05, 0.1) is 0 Å². The van der Waals surface area contributed by atoms with Crippen LogP contribution in [-0.4, -0.2) is 27.7 Å². The zero-order valence-electron chi connectivity index (χ0n) is 11.4. The number of hydrogen-bond acceptors (Lipinski definition) is 3. The lowest BCUT2D eigenvalue weighted by molar-refractivity contribution is -0.117. The Morgan fingerprint density at radius 2 is 1.60 bits per heavy atom. The first-order chi connectivity index (χ1) is 9.70. The summed E-state index contributed by atoms with van der Waals surface area (Å²) in [5.74, 6) is 1.97. The highest BCUT2D eigenvalue weighted by Gasteiger charge is 2.29. The third kappa shape index (κ3) is 3.60. The average Bonchev–Trinajstić information content (AvgIpc) is 3.28. The summed E-state index contributed by atoms with van der Waals surface area (Å²) >= 11 is 0. The van der Waals surface area contributed by atoms with Gasteiger partial charge in [-0.2, -0.15) is 0 Å². The van der Waals surface area contributed by atoms with Crippen molar-refractivity contribution in [1.82, 2.24) is 0 Å². The molecule has 0 atom stereocenters. The third-order valence-corrected chi connectivity index (χ3v) is 5.24. The Labute approximate surface area is 121 Å². The summed E-state index contributed by atoms with van der Waals surface area (Å²) in [4.78, 5) is 11.7. The number of benzene rings is 1. The fourth-order valence-corrected chi connectivity index (χ4v) is 3.71. The van der Waals surface area contributed by atoms with Crippen LogP contribution in [0, 0.1) is 5.92 Å². The maximum atomic E-state index is 11.7. The Bertz CT molecular complexity index is 501. The zero-order valence-corrected chi connectivity index (χ0v) is 12.2. The zero-order chi connectivity index (χ0) is 13.9. The quantitative estimate of drug-likeness (QED) is 0.895. The van der Waals surface area contributed by atoms with E-state index in [1.807, 2.05) is 24.3 Å². The first-order valence-corrected chi connectivity index (χ1v) is 8.72. The van der Waals surface area contributed by atoms with Crippen molar-refractivity contribution in [3.63, 3.8) is 0 Å². The highest BCUT2D eigenvalue weighted by molar-refractivity contribution is 7.85. The molecule has 0 radical (unpaired) electrons. The first kappa shape index (κ1) is 13.6. The molecular weight excluding hydrogens is 272 g/mol. The second kappa shape index (κ2) is 5.95. The van der Waals surface area contributed by atoms with Crippen LogP contribution in [0.4, 0.5) is 11.4 Å². The van der Waals surface area contributed by atoms with Crippen molar-refractivity contribution in [2.45, 2.75) is 31.7 Å². The second-order valence-electron chi connectivity index (χ2n) is 5.61. The van der Waals surface area contributed by atoms with Crippen LogP contribution in [-0.2, 0) is 15.6 Å². The summed E-state index contributed by atoms with van der Waals surface area (Å²) in [6.45, 7) is 0. The first-order valence-electron chi connectivity index (χ1n) is 7.23. The topological polar surface area (TPSA) is 58.2 Å². The Balaban J connectivity index is 1.53. The number of rotatable bonds is 4. The number of amides is 1. The smallest absolute Gasteiger partial charge is 0.227 e. The van der Waals surface area contributed by atoms with Crippen molar-refractivity contribution in [1.29, 1.82) is 0 Å². The maximum absolute atomic E-state index is 11.7. The predicted octanol–water partition coefficient (Wildman–Crippen LogP) is 2.36. The number of carbonyl (C=O) groups is 1. The number of nitrogens with one attached hydrogen (secondary N) is 2. The van der Waals surface area contributed by atoms with Crippen LogP contribution in [0.5, 0.6) is 0 Å². The molecule has 1 aromatic carbocycles. The van der Waals surface area contributed by atoms with Crippen molar-refractivity contribution >= 4 is 28.1 Å². The van der Waals surface area contributed by atoms with E-state index in [0.717, 1.165) is 48.6 Å². The Hall–Kier alpha value is -1.36. The van der Waals surface area contributed by atoms with Crippen LogP contribution in [0.1, 0.15) is 25.7 Å². The van der Waals surface area contributed by atoms with Gasteiger partial charge in [-0.1, -0.05) is 0 Å². The summed E-state index contributed by atoms with van der Waals surface area (Å²) in [6.07, 6.45) is 3.97. The molecule has 0 bridgehead atoms. The fourth-order valence-electron chi connectivity index (χ4n) is 2.41. The van der Waals surface area contributed by atoms with Gasteiger partial charge in [0.15, 0.2) is 0 Å². The molecule has 0 aromatic heterocycles. The molecule has 1 saturated carbocycles. The molecule has 2 fully saturated rings. The molecule has 3 rings (SSSR count). The molecule has 5 heteroatoms. The molecule has 1 aliphatic heterocycles. The van der Waals surface area contributed by atoms with Gasteiger partial charge in [-0.25, -0.2) is 0 Å². The normalized spacial score (nSPS) is 26.0. The van der Waals surface area contributed by atoms with E-state index in [-0.39, 0.29) is 11.8 Å². The lowest BCUT2D eigenvalue weighted by Crippen LogP contribution is -2.29. The molecule has 2 N–H and O–H groups in total. The van der Waals surface area contributed by atoms with E-state index in [4.69, 9.17) is 0 Å². The van der Waals surface area contributed by atoms with Gasteiger partial charge in [-0.3, -0.25) is 9.00 Å². The standard InChI is InChI=1S/C15H20N2O2S/c18-15(11-1-2-11)17-13-5-3-12(4-6-13)16-14-7-9-20(19)10-8-14/h3-6,11,14,16H,1-2,7-10H2,(H,17,18). The number of hydrogen-bond donors (Lipinski definition) is 2. The summed E-state index contributed by atoms with van der Waals surface area (Å²) in [5, 5.41) is 6.40. The maximum Gasteiger partial charge on any atom is 0.227 e. The number of anilines is 2. The van der Waals surface area contributed by atoms with Gasteiger partial charge < -0.3 is 10.6 Å². The Morgan fingerprint density at radius 1 is 1.00 bits per heavy atom. The molecule has 1 aromatic rings. The molecule has 2 aliphatic rings. The van der Waals surface area contributed by atoms with E-state index in [1.165, 1.54) is 0 Å². The van der Waals surface area contributed by atoms with Crippen LogP contribution in [0.2, 0.25) is 0 Å². The predicted molar refractivity (Wildman–Crippen MR) is 82.3 cm³/mol. The lowest BCUT2D eigenvalue weighted by Gasteiger charge is -2.23. The molecular formula is C15H20N2O2S. The molecule has 1 saturated heterocycles. The van der Waals surface area contributed by atoms with Crippen LogP contribution in [0.15, 0.2) is 24.3 Å². The molecule has 1 aliphatic carbocycles. The molecule has 108 valence electrons. The van der Waals surface area contributed by atoms with Gasteiger partial charge >= 0.3 is 0 Å². The largest absolute Gasteiger partial charge is 0.382 e. The fraction of sp³-hybridized carbons (Fsp3) is 0.533. The van der Waals surface area contributed by atoms with Crippen LogP contribution >= 0.6 is 0 Å². The molecule has 20 heavy (non-hydrogen) atoms. The van der Waals surface area contributed by atoms with Gasteiger partial charge in [0, 0.05) is 45.6 Å². The van der Waals surface area contributed by atoms with Crippen molar-refractivity contribution in [2.24, 2.45) is 5.92 Å². The van der Waals surface area contributed by atoms with Crippen molar-refractivity contribution in [2.75, 3.05) is 22.1 Å². The van der Waals surface area contributed by atoms with E-state index < -0.39 is 10.8 Å². The van der Waals surface area contributed by atoms with E-state index in [2.05, 4.69) is 10.6 Å². The van der Waals surface area contributed by atoms with E-state index in [0.29, 0.717) is 6.04 Å². The van der Waals surface area contributed by atoms with E-state index >= 15 is 0 Å². The van der Waals surface area contributed by atoms with Gasteiger partial charge in [0.2, 0.25) is 5.91 Å². The third-order valence-electron chi connectivity index (χ3n) is 3.86. The highest BCUT2D eigenvalue weighted by Crippen LogP contribution is 2.30. The summed E-state index contributed by atoms with van der Waals surface area (Å²) in [5.41, 5.74) is 1.92. The van der Waals surface area contributed by atoms with E-state index in [1.54, 1.807) is 0 Å². The monoisotopic (exact) mass is 292 g/mol. The molecule has 0 spiro atoms. The van der Waals surface area contributed by atoms with Gasteiger partial charge in [-0.05, 0) is 49.9 Å². The SMILES string of the molecule is O=C(Nc1ccc(NC2CCS(=O)CC2)cc1)C1CC1. The summed E-state index contributed by atoms with van der Waals surface area (Å²) < 4.78 is 11.3. The average molecular weight is 292 g/mol. The van der Waals surface area contributed by atoms with Crippen molar-refractivity contribution in [3.8, 4) is 0 Å². The summed E-state index contributed by atoms with van der Waals surface area (Å²) in [6, 6.07) is 8.27. The van der Waals surface area contributed by atoms with Crippen LogP contribution in [0.3, 0.4) is 0 Å². The summed E-state index contributed by atoms with van der Waals surface area (Å²) in [7, 11) is -0.615. The molecule has 1 amide bonds. The van der Waals surface area contributed by atoms with E-state index in [9.17, 15) is 9.00 Å². The minimum Gasteiger partial charge on any atom is -0.382 e. The molecule has 4 nitrogen and oxygen atoms in total. The minimum absolute atomic E-state index is 0.139. The van der Waals surface area contributed by atoms with Gasteiger partial charge in [0.1, 0.15) is 0 Å². The molecule has 1 heterocycles.